The monoisotopic (exact) mass is 438 g/mol. The predicted molar refractivity (Wildman–Crippen MR) is 113 cm³/mol. The molecular formula is C22H30O7S. The maximum Gasteiger partial charge on any atom is 0.446 e. The van der Waals surface area contributed by atoms with Gasteiger partial charge in [-0.15, -0.1) is 0 Å². The van der Waals surface area contributed by atoms with E-state index in [1.807, 2.05) is 0 Å². The topological polar surface area (TPSA) is 121 Å². The average molecular weight is 439 g/mol. The number of aldehydes is 1. The lowest BCUT2D eigenvalue weighted by atomic mass is 9.48. The fourth-order valence-electron chi connectivity index (χ4n) is 5.88. The molecule has 3 N–H and O–H groups in total. The third-order valence-electron chi connectivity index (χ3n) is 7.22. The van der Waals surface area contributed by atoms with Gasteiger partial charge in [-0.3, -0.25) is 9.35 Å². The van der Waals surface area contributed by atoms with Gasteiger partial charge >= 0.3 is 10.4 Å². The van der Waals surface area contributed by atoms with Crippen LogP contribution in [0.3, 0.4) is 0 Å². The van der Waals surface area contributed by atoms with E-state index in [1.54, 1.807) is 6.08 Å². The number of phenols is 2. The van der Waals surface area contributed by atoms with Crippen molar-refractivity contribution in [2.24, 2.45) is 22.7 Å². The van der Waals surface area contributed by atoms with Crippen LogP contribution in [0.2, 0.25) is 0 Å². The molecule has 0 amide bonds. The van der Waals surface area contributed by atoms with Crippen molar-refractivity contribution >= 4 is 22.8 Å². The van der Waals surface area contributed by atoms with Gasteiger partial charge in [0.2, 0.25) is 0 Å². The van der Waals surface area contributed by atoms with Crippen LogP contribution < -0.4 is 4.18 Å². The Hall–Kier alpha value is -2.06. The molecule has 7 nitrogen and oxygen atoms in total. The lowest BCUT2D eigenvalue weighted by Gasteiger charge is -2.56. The highest BCUT2D eigenvalue weighted by molar-refractivity contribution is 7.81. The fraction of sp³-hybridized carbons (Fsp3) is 0.591. The van der Waals surface area contributed by atoms with E-state index in [1.165, 1.54) is 0 Å². The van der Waals surface area contributed by atoms with Gasteiger partial charge in [0.1, 0.15) is 5.56 Å². The first-order valence-electron chi connectivity index (χ1n) is 10.2. The van der Waals surface area contributed by atoms with Crippen LogP contribution in [0, 0.1) is 22.7 Å². The maximum absolute atomic E-state index is 11.5. The van der Waals surface area contributed by atoms with E-state index in [0.29, 0.717) is 5.92 Å². The van der Waals surface area contributed by atoms with Crippen molar-refractivity contribution in [3.8, 4) is 17.2 Å². The molecule has 1 aromatic carbocycles. The van der Waals surface area contributed by atoms with Gasteiger partial charge in [0.15, 0.2) is 23.5 Å². The predicted octanol–water partition coefficient (Wildman–Crippen LogP) is 4.74. The summed E-state index contributed by atoms with van der Waals surface area (Å²) in [6.45, 7) is 8.91. The Morgan fingerprint density at radius 3 is 2.43 bits per heavy atom. The Labute approximate surface area is 177 Å². The maximum atomic E-state index is 11.5. The molecule has 0 saturated heterocycles. The van der Waals surface area contributed by atoms with Crippen LogP contribution in [0.4, 0.5) is 0 Å². The molecule has 0 heterocycles. The second-order valence-electron chi connectivity index (χ2n) is 9.60. The molecule has 166 valence electrons. The van der Waals surface area contributed by atoms with Crippen LogP contribution in [0.25, 0.3) is 6.08 Å². The van der Waals surface area contributed by atoms with Crippen LogP contribution in [-0.4, -0.2) is 29.5 Å². The van der Waals surface area contributed by atoms with Crippen molar-refractivity contribution in [2.45, 2.75) is 59.8 Å². The number of allylic oxidation sites excluding steroid dienone is 1. The second-order valence-corrected chi connectivity index (χ2v) is 10.6. The highest BCUT2D eigenvalue weighted by Crippen LogP contribution is 2.61. The van der Waals surface area contributed by atoms with E-state index in [2.05, 4.69) is 31.9 Å². The standard InChI is InChI=1S/C22H30O7S/c1-13-6-7-18-21(2,3)8-5-9-22(18,4)16(13)10-14-11-17(24)19(25)15(12-23)20(14)29-30(26,27)28/h10-13,18,24-25H,5-9H2,1-4H3,(H,26,27,28)/b16-10+/t13-,18-,22+/m0/s1. The third kappa shape index (κ3) is 3.95. The molecule has 30 heavy (non-hydrogen) atoms. The summed E-state index contributed by atoms with van der Waals surface area (Å²) in [7, 11) is -4.95. The molecule has 0 radical (unpaired) electrons. The summed E-state index contributed by atoms with van der Waals surface area (Å²) in [6, 6.07) is 1.16. The zero-order valence-corrected chi connectivity index (χ0v) is 18.6. The van der Waals surface area contributed by atoms with Crippen LogP contribution in [-0.2, 0) is 10.4 Å². The summed E-state index contributed by atoms with van der Waals surface area (Å²) >= 11 is 0. The minimum atomic E-state index is -4.95. The fourth-order valence-corrected chi connectivity index (χ4v) is 6.28. The summed E-state index contributed by atoms with van der Waals surface area (Å²) in [4.78, 5) is 11.5. The molecule has 0 unspecified atom stereocenters. The van der Waals surface area contributed by atoms with Crippen molar-refractivity contribution in [1.82, 2.24) is 0 Å². The highest BCUT2D eigenvalue weighted by Gasteiger charge is 2.51. The molecule has 0 spiro atoms. The number of hydrogen-bond acceptors (Lipinski definition) is 6. The zero-order valence-electron chi connectivity index (χ0n) is 17.8. The van der Waals surface area contributed by atoms with Gasteiger partial charge in [0.05, 0.1) is 0 Å². The first kappa shape index (κ1) is 22.6. The van der Waals surface area contributed by atoms with Crippen molar-refractivity contribution in [3.63, 3.8) is 0 Å². The molecule has 8 heteroatoms. The van der Waals surface area contributed by atoms with Crippen molar-refractivity contribution in [1.29, 1.82) is 0 Å². The minimum absolute atomic E-state index is 0.122. The third-order valence-corrected chi connectivity index (χ3v) is 7.60. The van der Waals surface area contributed by atoms with E-state index in [9.17, 15) is 28.0 Å². The molecule has 3 rings (SSSR count). The van der Waals surface area contributed by atoms with Gasteiger partial charge in [0, 0.05) is 5.56 Å². The van der Waals surface area contributed by atoms with E-state index in [4.69, 9.17) is 0 Å². The van der Waals surface area contributed by atoms with Gasteiger partial charge in [-0.05, 0) is 54.4 Å². The summed E-state index contributed by atoms with van der Waals surface area (Å²) in [5.41, 5.74) is 0.702. The number of phenolic OH excluding ortho intramolecular Hbond substituents is 2. The Morgan fingerprint density at radius 1 is 1.17 bits per heavy atom. The number of fused-ring (bicyclic) bond motifs is 1. The van der Waals surface area contributed by atoms with Crippen molar-refractivity contribution < 1.29 is 32.2 Å². The van der Waals surface area contributed by atoms with Crippen LogP contribution >= 0.6 is 0 Å². The zero-order chi connectivity index (χ0) is 22.5. The molecule has 2 saturated carbocycles. The van der Waals surface area contributed by atoms with Crippen molar-refractivity contribution in [3.05, 3.63) is 22.8 Å². The number of benzene rings is 1. The SMILES string of the molecule is C[C@H]1CC[C@H]2C(C)(C)CCC[C@]2(C)/C1=C/c1cc(O)c(O)c(C=O)c1OS(=O)(=O)O. The normalized spacial score (nSPS) is 30.0. The first-order chi connectivity index (χ1) is 13.8. The summed E-state index contributed by atoms with van der Waals surface area (Å²) in [6.07, 6.45) is 7.20. The largest absolute Gasteiger partial charge is 0.504 e. The smallest absolute Gasteiger partial charge is 0.446 e. The molecule has 0 aromatic heterocycles. The number of aromatic hydroxyl groups is 2. The average Bonchev–Trinajstić information content (AvgIpc) is 2.60. The molecule has 2 aliphatic carbocycles. The van der Waals surface area contributed by atoms with Gasteiger partial charge < -0.3 is 14.4 Å². The van der Waals surface area contributed by atoms with E-state index in [0.717, 1.165) is 43.7 Å². The molecule has 1 aromatic rings. The first-order valence-corrected chi connectivity index (χ1v) is 11.6. The molecule has 0 bridgehead atoms. The Balaban J connectivity index is 2.24. The minimum Gasteiger partial charge on any atom is -0.504 e. The number of carbonyl (C=O) groups excluding carboxylic acids is 1. The van der Waals surface area contributed by atoms with Gasteiger partial charge in [-0.1, -0.05) is 45.8 Å². The molecule has 3 atom stereocenters. The lowest BCUT2D eigenvalue weighted by molar-refractivity contribution is -0.00534. The van der Waals surface area contributed by atoms with Crippen molar-refractivity contribution in [2.75, 3.05) is 0 Å². The van der Waals surface area contributed by atoms with E-state index in [-0.39, 0.29) is 28.6 Å². The van der Waals surface area contributed by atoms with Gasteiger partial charge in [-0.25, -0.2) is 0 Å². The summed E-state index contributed by atoms with van der Waals surface area (Å²) in [5, 5.41) is 20.1. The lowest BCUT2D eigenvalue weighted by Crippen LogP contribution is -2.47. The summed E-state index contributed by atoms with van der Waals surface area (Å²) in [5.74, 6) is -1.23. The van der Waals surface area contributed by atoms with E-state index >= 15 is 0 Å². The molecule has 2 fully saturated rings. The molecule has 2 aliphatic rings. The summed E-state index contributed by atoms with van der Waals surface area (Å²) < 4.78 is 36.7. The number of hydrogen-bond donors (Lipinski definition) is 3. The van der Waals surface area contributed by atoms with Crippen LogP contribution in [0.1, 0.15) is 75.7 Å². The number of carbonyl (C=O) groups is 1. The Bertz CT molecular complexity index is 993. The second kappa shape index (κ2) is 7.57. The quantitative estimate of drug-likeness (QED) is 0.353. The van der Waals surface area contributed by atoms with Crippen LogP contribution in [0.5, 0.6) is 17.2 Å². The Kier molecular flexibility index (Phi) is 5.71. The molecule has 0 aliphatic heterocycles. The van der Waals surface area contributed by atoms with Gasteiger partial charge in [0.25, 0.3) is 0 Å². The van der Waals surface area contributed by atoms with E-state index < -0.39 is 33.2 Å². The molecular weight excluding hydrogens is 408 g/mol. The Morgan fingerprint density at radius 2 is 1.83 bits per heavy atom. The number of rotatable bonds is 4. The van der Waals surface area contributed by atoms with Gasteiger partial charge in [-0.2, -0.15) is 8.42 Å². The van der Waals surface area contributed by atoms with Crippen LogP contribution in [0.15, 0.2) is 11.6 Å². The highest BCUT2D eigenvalue weighted by atomic mass is 32.3.